The van der Waals surface area contributed by atoms with E-state index in [0.717, 1.165) is 6.07 Å². The van der Waals surface area contributed by atoms with Gasteiger partial charge >= 0.3 is 18.4 Å². The number of hydrogen-bond donors (Lipinski definition) is 2. The molecule has 0 aliphatic rings. The van der Waals surface area contributed by atoms with Crippen LogP contribution in [0.2, 0.25) is 0 Å². The first-order valence-electron chi connectivity index (χ1n) is 10.9. The highest BCUT2D eigenvalue weighted by Gasteiger charge is 2.31. The maximum Gasteiger partial charge on any atom is 0.573 e. The first kappa shape index (κ1) is 29.0. The van der Waals surface area contributed by atoms with E-state index in [1.807, 2.05) is 0 Å². The molecule has 0 unspecified atom stereocenters. The molecule has 3 N–H and O–H groups in total. The number of carbonyl (C=O) groups is 3. The number of aromatic nitrogens is 1. The molecule has 3 rings (SSSR count). The van der Waals surface area contributed by atoms with Crippen LogP contribution in [0.1, 0.15) is 43.7 Å². The van der Waals surface area contributed by atoms with Crippen LogP contribution in [-0.4, -0.2) is 41.6 Å². The second kappa shape index (κ2) is 11.7. The van der Waals surface area contributed by atoms with Gasteiger partial charge in [0.25, 0.3) is 5.91 Å². The highest BCUT2D eigenvalue weighted by Crippen LogP contribution is 2.31. The van der Waals surface area contributed by atoms with Crippen molar-refractivity contribution in [1.82, 2.24) is 9.88 Å². The van der Waals surface area contributed by atoms with Gasteiger partial charge in [-0.1, -0.05) is 12.1 Å². The quantitative estimate of drug-likeness (QED) is 0.462. The average Bonchev–Trinajstić information content (AvgIpc) is 3.15. The Kier molecular flexibility index (Phi) is 9.16. The fraction of sp³-hybridized carbons (Fsp3) is 0.320. The van der Waals surface area contributed by atoms with Crippen LogP contribution in [0, 0.1) is 0 Å². The number of primary amides is 1. The van der Waals surface area contributed by atoms with Crippen molar-refractivity contribution >= 4 is 28.9 Å². The molecule has 2 aromatic carbocycles. The molecule has 0 saturated heterocycles. The summed E-state index contributed by atoms with van der Waals surface area (Å²) in [6.45, 7) is 6.72. The summed E-state index contributed by atoms with van der Waals surface area (Å²) in [7, 11) is 1.35. The van der Waals surface area contributed by atoms with Gasteiger partial charge in [0.05, 0.1) is 12.6 Å². The van der Waals surface area contributed by atoms with E-state index in [0.29, 0.717) is 22.2 Å². The molecule has 0 aliphatic carbocycles. The number of fused-ring (bicyclic) bond motifs is 1. The summed E-state index contributed by atoms with van der Waals surface area (Å²) >= 11 is 0. The highest BCUT2D eigenvalue weighted by molar-refractivity contribution is 5.99. The van der Waals surface area contributed by atoms with Gasteiger partial charge < -0.3 is 29.8 Å². The van der Waals surface area contributed by atoms with Gasteiger partial charge in [0.2, 0.25) is 0 Å². The van der Waals surface area contributed by atoms with E-state index in [9.17, 15) is 27.6 Å². The fourth-order valence-corrected chi connectivity index (χ4v) is 3.13. The van der Waals surface area contributed by atoms with E-state index in [4.69, 9.17) is 10.5 Å². The van der Waals surface area contributed by atoms with E-state index in [-0.39, 0.29) is 18.2 Å². The minimum Gasteiger partial charge on any atom is -0.469 e. The normalized spacial score (nSPS) is 11.2. The molecule has 0 bridgehead atoms. The Morgan fingerprint density at radius 2 is 1.68 bits per heavy atom. The molecule has 9 nitrogen and oxygen atoms in total. The number of nitrogens with one attached hydrogen (secondary N) is 1. The van der Waals surface area contributed by atoms with Gasteiger partial charge in [-0.15, -0.1) is 13.2 Å². The van der Waals surface area contributed by atoms with Gasteiger partial charge in [-0.3, -0.25) is 9.59 Å². The molecule has 3 aromatic rings. The Morgan fingerprint density at radius 1 is 1.03 bits per heavy atom. The molecule has 1 aromatic heterocycles. The lowest BCUT2D eigenvalue weighted by Crippen LogP contribution is -2.32. The number of hydrogen-bond acceptors (Lipinski definition) is 6. The Labute approximate surface area is 211 Å². The molecule has 0 radical (unpaired) electrons. The van der Waals surface area contributed by atoms with Gasteiger partial charge in [0.1, 0.15) is 17.0 Å². The van der Waals surface area contributed by atoms with Crippen LogP contribution in [0.4, 0.5) is 18.0 Å². The predicted octanol–water partition coefficient (Wildman–Crippen LogP) is 4.83. The molecule has 0 spiro atoms. The summed E-state index contributed by atoms with van der Waals surface area (Å²) in [5.41, 5.74) is 6.39. The highest BCUT2D eigenvalue weighted by atomic mass is 19.4. The van der Waals surface area contributed by atoms with E-state index in [1.54, 1.807) is 45.0 Å². The lowest BCUT2D eigenvalue weighted by Gasteiger charge is -2.19. The molecule has 0 atom stereocenters. The number of amides is 2. The molecular formula is C25H28F3N3O6. The number of halogens is 3. The van der Waals surface area contributed by atoms with Crippen LogP contribution in [-0.2, 0) is 20.8 Å². The standard InChI is InChI=1S/C22H22F3N3O4.C3H6O2/c1-21(2,3)32-20(30)27-12-13-5-4-6-15(9-13)28-17-11-16(31-22(23,24)25)8-7-14(17)10-18(28)19(26)29;1-3(4)5-2/h4-11H,12H2,1-3H3,(H2,26,29)(H,27,30);1-2H3. The third-order valence-corrected chi connectivity index (χ3v) is 4.55. The smallest absolute Gasteiger partial charge is 0.469 e. The lowest BCUT2D eigenvalue weighted by atomic mass is 10.2. The minimum atomic E-state index is -4.86. The van der Waals surface area contributed by atoms with Crippen LogP contribution in [0.25, 0.3) is 16.6 Å². The number of esters is 1. The van der Waals surface area contributed by atoms with Crippen molar-refractivity contribution in [1.29, 1.82) is 0 Å². The zero-order chi connectivity index (χ0) is 28.0. The molecular weight excluding hydrogens is 495 g/mol. The number of carbonyl (C=O) groups excluding carboxylic acids is 3. The number of alkyl halides is 3. The monoisotopic (exact) mass is 523 g/mol. The molecule has 200 valence electrons. The lowest BCUT2D eigenvalue weighted by molar-refractivity contribution is -0.274. The topological polar surface area (TPSA) is 122 Å². The minimum absolute atomic E-state index is 0.0846. The SMILES string of the molecule is CC(C)(C)OC(=O)NCc1cccc(-n2c(C(N)=O)cc3ccc(OC(F)(F)F)cc32)c1.COC(C)=O. The summed E-state index contributed by atoms with van der Waals surface area (Å²) in [5, 5.41) is 3.14. The Morgan fingerprint density at radius 3 is 2.22 bits per heavy atom. The van der Waals surface area contributed by atoms with E-state index >= 15 is 0 Å². The number of nitrogens with zero attached hydrogens (tertiary/aromatic N) is 1. The average molecular weight is 524 g/mol. The second-order valence-electron chi connectivity index (χ2n) is 8.72. The molecule has 1 heterocycles. The Hall–Kier alpha value is -4.22. The van der Waals surface area contributed by atoms with Crippen LogP contribution in [0.15, 0.2) is 48.5 Å². The van der Waals surface area contributed by atoms with E-state index < -0.39 is 29.7 Å². The van der Waals surface area contributed by atoms with Crippen LogP contribution >= 0.6 is 0 Å². The summed E-state index contributed by atoms with van der Waals surface area (Å²) in [5.74, 6) is -1.43. The first-order chi connectivity index (χ1) is 17.1. The Balaban J connectivity index is 0.000000877. The summed E-state index contributed by atoms with van der Waals surface area (Å²) in [6.07, 6.45) is -5.45. The molecule has 0 aliphatic heterocycles. The maximum atomic E-state index is 12.7. The zero-order valence-corrected chi connectivity index (χ0v) is 20.9. The molecule has 2 amide bonds. The number of nitrogens with two attached hydrogens (primary N) is 1. The summed E-state index contributed by atoms with van der Waals surface area (Å²) in [4.78, 5) is 33.5. The first-order valence-corrected chi connectivity index (χ1v) is 10.9. The van der Waals surface area contributed by atoms with Crippen molar-refractivity contribution in [2.24, 2.45) is 5.73 Å². The van der Waals surface area contributed by atoms with Crippen molar-refractivity contribution in [2.75, 3.05) is 7.11 Å². The van der Waals surface area contributed by atoms with Gasteiger partial charge in [-0.05, 0) is 56.7 Å². The van der Waals surface area contributed by atoms with Crippen molar-refractivity contribution in [3.8, 4) is 11.4 Å². The molecule has 37 heavy (non-hydrogen) atoms. The van der Waals surface area contributed by atoms with Crippen LogP contribution in [0.5, 0.6) is 5.75 Å². The van der Waals surface area contributed by atoms with Gasteiger partial charge in [-0.2, -0.15) is 0 Å². The predicted molar refractivity (Wildman–Crippen MR) is 129 cm³/mol. The number of ether oxygens (including phenoxy) is 3. The van der Waals surface area contributed by atoms with Crippen molar-refractivity contribution in [2.45, 2.75) is 46.2 Å². The summed E-state index contributed by atoms with van der Waals surface area (Å²) in [6, 6.07) is 12.0. The third-order valence-electron chi connectivity index (χ3n) is 4.55. The Bertz CT molecular complexity index is 1280. The van der Waals surface area contributed by atoms with Crippen LogP contribution < -0.4 is 15.8 Å². The number of benzene rings is 2. The van der Waals surface area contributed by atoms with Crippen molar-refractivity contribution < 1.29 is 41.8 Å². The van der Waals surface area contributed by atoms with E-state index in [2.05, 4.69) is 14.8 Å². The number of rotatable bonds is 5. The van der Waals surface area contributed by atoms with Gasteiger partial charge in [-0.25, -0.2) is 4.79 Å². The van der Waals surface area contributed by atoms with E-state index in [1.165, 1.54) is 36.8 Å². The zero-order valence-electron chi connectivity index (χ0n) is 20.9. The van der Waals surface area contributed by atoms with Crippen LogP contribution in [0.3, 0.4) is 0 Å². The fourth-order valence-electron chi connectivity index (χ4n) is 3.13. The number of methoxy groups -OCH3 is 1. The third kappa shape index (κ3) is 9.06. The van der Waals surface area contributed by atoms with Crippen molar-refractivity contribution in [3.63, 3.8) is 0 Å². The van der Waals surface area contributed by atoms with Crippen molar-refractivity contribution in [3.05, 3.63) is 59.8 Å². The maximum absolute atomic E-state index is 12.7. The molecule has 0 saturated carbocycles. The summed E-state index contributed by atoms with van der Waals surface area (Å²) < 4.78 is 52.7. The number of alkyl carbamates (subject to hydrolysis) is 1. The van der Waals surface area contributed by atoms with Gasteiger partial charge in [0, 0.05) is 30.6 Å². The van der Waals surface area contributed by atoms with Gasteiger partial charge in [0.15, 0.2) is 0 Å². The second-order valence-corrected chi connectivity index (χ2v) is 8.72. The largest absolute Gasteiger partial charge is 0.573 e. The molecule has 12 heteroatoms. The molecule has 0 fully saturated rings.